The van der Waals surface area contributed by atoms with Gasteiger partial charge in [-0.25, -0.2) is 0 Å². The van der Waals surface area contributed by atoms with Crippen LogP contribution >= 0.6 is 0 Å². The third-order valence-electron chi connectivity index (χ3n) is 4.81. The zero-order chi connectivity index (χ0) is 18.5. The van der Waals surface area contributed by atoms with E-state index in [2.05, 4.69) is 32.2 Å². The summed E-state index contributed by atoms with van der Waals surface area (Å²) in [6, 6.07) is 7.96. The van der Waals surface area contributed by atoms with Crippen LogP contribution < -0.4 is 5.32 Å². The van der Waals surface area contributed by atoms with Gasteiger partial charge in [0.25, 0.3) is 0 Å². The van der Waals surface area contributed by atoms with E-state index in [1.807, 2.05) is 38.1 Å². The highest BCUT2D eigenvalue weighted by Gasteiger charge is 2.26. The molecule has 1 aromatic heterocycles. The first-order valence-electron chi connectivity index (χ1n) is 9.20. The van der Waals surface area contributed by atoms with Crippen LogP contribution in [0.2, 0.25) is 0 Å². The van der Waals surface area contributed by atoms with Crippen LogP contribution in [-0.2, 0) is 11.2 Å². The summed E-state index contributed by atoms with van der Waals surface area (Å²) >= 11 is 0. The van der Waals surface area contributed by atoms with Gasteiger partial charge in [-0.1, -0.05) is 29.8 Å². The zero-order valence-electron chi connectivity index (χ0n) is 15.7. The van der Waals surface area contributed by atoms with Crippen molar-refractivity contribution < 1.29 is 9.32 Å². The minimum Gasteiger partial charge on any atom is -0.338 e. The molecule has 1 fully saturated rings. The van der Waals surface area contributed by atoms with Gasteiger partial charge in [0.05, 0.1) is 12.6 Å². The number of aromatic nitrogens is 2. The number of hydrogen-bond donors (Lipinski definition) is 1. The third kappa shape index (κ3) is 4.68. The Hall–Kier alpha value is -2.25. The molecule has 140 valence electrons. The normalized spacial score (nSPS) is 17.2. The molecule has 1 N–H and O–H groups in total. The molecule has 1 amide bonds. The largest absolute Gasteiger partial charge is 0.338 e. The smallest absolute Gasteiger partial charge is 0.243 e. The Kier molecular flexibility index (Phi) is 6.00. The van der Waals surface area contributed by atoms with E-state index in [9.17, 15) is 4.79 Å². The van der Waals surface area contributed by atoms with Crippen LogP contribution in [0.4, 0.5) is 5.69 Å². The van der Waals surface area contributed by atoms with Gasteiger partial charge in [-0.3, -0.25) is 14.6 Å². The summed E-state index contributed by atoms with van der Waals surface area (Å²) in [6.45, 7) is 10.00. The Morgan fingerprint density at radius 2 is 1.92 bits per heavy atom. The van der Waals surface area contributed by atoms with Gasteiger partial charge in [0.15, 0.2) is 5.82 Å². The predicted octanol–water partition coefficient (Wildman–Crippen LogP) is 2.26. The summed E-state index contributed by atoms with van der Waals surface area (Å²) in [5.74, 6) is 1.45. The number of amides is 1. The maximum atomic E-state index is 12.2. The fourth-order valence-electron chi connectivity index (χ4n) is 3.09. The lowest BCUT2D eigenvalue weighted by Gasteiger charge is -2.36. The monoisotopic (exact) mass is 357 g/mol. The minimum atomic E-state index is 0.0276. The highest BCUT2D eigenvalue weighted by atomic mass is 16.5. The molecule has 2 heterocycles. The maximum absolute atomic E-state index is 12.2. The molecule has 1 atom stereocenters. The van der Waals surface area contributed by atoms with E-state index in [4.69, 9.17) is 4.52 Å². The molecule has 7 heteroatoms. The fourth-order valence-corrected chi connectivity index (χ4v) is 3.09. The first-order chi connectivity index (χ1) is 12.5. The van der Waals surface area contributed by atoms with Gasteiger partial charge in [0, 0.05) is 38.3 Å². The van der Waals surface area contributed by atoms with Crippen LogP contribution in [0, 0.1) is 6.92 Å². The van der Waals surface area contributed by atoms with Crippen LogP contribution in [0.5, 0.6) is 0 Å². The van der Waals surface area contributed by atoms with Gasteiger partial charge >= 0.3 is 0 Å². The lowest BCUT2D eigenvalue weighted by atomic mass is 10.2. The highest BCUT2D eigenvalue weighted by Crippen LogP contribution is 2.20. The topological polar surface area (TPSA) is 74.5 Å². The number of anilines is 1. The number of carbonyl (C=O) groups excluding carboxylic acids is 1. The molecule has 1 aliphatic rings. The number of aryl methyl sites for hydroxylation is 2. The number of piperazine rings is 1. The second-order valence-electron chi connectivity index (χ2n) is 6.80. The van der Waals surface area contributed by atoms with E-state index in [1.165, 1.54) is 5.56 Å². The van der Waals surface area contributed by atoms with Gasteiger partial charge in [-0.15, -0.1) is 0 Å². The molecule has 26 heavy (non-hydrogen) atoms. The van der Waals surface area contributed by atoms with E-state index in [-0.39, 0.29) is 11.9 Å². The third-order valence-corrected chi connectivity index (χ3v) is 4.81. The number of carbonyl (C=O) groups is 1. The molecule has 3 rings (SSSR count). The highest BCUT2D eigenvalue weighted by molar-refractivity contribution is 5.92. The van der Waals surface area contributed by atoms with Crippen molar-refractivity contribution in [2.24, 2.45) is 0 Å². The first-order valence-corrected chi connectivity index (χ1v) is 9.20. The van der Waals surface area contributed by atoms with E-state index in [1.54, 1.807) is 0 Å². The van der Waals surface area contributed by atoms with Crippen molar-refractivity contribution >= 4 is 11.6 Å². The summed E-state index contributed by atoms with van der Waals surface area (Å²) in [5, 5.41) is 6.93. The molecule has 1 unspecified atom stereocenters. The molecule has 1 aromatic carbocycles. The quantitative estimate of drug-likeness (QED) is 0.855. The summed E-state index contributed by atoms with van der Waals surface area (Å²) < 4.78 is 5.36. The summed E-state index contributed by atoms with van der Waals surface area (Å²) in [5.41, 5.74) is 2.02. The van der Waals surface area contributed by atoms with Gasteiger partial charge in [0.1, 0.15) is 0 Å². The lowest BCUT2D eigenvalue weighted by molar-refractivity contribution is -0.117. The molecular formula is C19H27N5O2. The zero-order valence-corrected chi connectivity index (χ0v) is 15.7. The van der Waals surface area contributed by atoms with Gasteiger partial charge < -0.3 is 9.84 Å². The van der Waals surface area contributed by atoms with Crippen LogP contribution in [-0.4, -0.2) is 58.6 Å². The molecule has 1 saturated heterocycles. The molecule has 0 radical (unpaired) electrons. The maximum Gasteiger partial charge on any atom is 0.243 e. The van der Waals surface area contributed by atoms with Crippen molar-refractivity contribution in [2.75, 3.05) is 38.0 Å². The minimum absolute atomic E-state index is 0.0276. The Balaban J connectivity index is 1.45. The number of nitrogens with zero attached hydrogens (tertiary/aromatic N) is 4. The predicted molar refractivity (Wildman–Crippen MR) is 99.9 cm³/mol. The van der Waals surface area contributed by atoms with Gasteiger partial charge in [-0.05, 0) is 26.0 Å². The number of nitrogens with one attached hydrogen (secondary N) is 1. The van der Waals surface area contributed by atoms with Crippen LogP contribution in [0.25, 0.3) is 0 Å². The molecule has 0 spiro atoms. The summed E-state index contributed by atoms with van der Waals surface area (Å²) in [4.78, 5) is 21.2. The van der Waals surface area contributed by atoms with Crippen molar-refractivity contribution in [1.29, 1.82) is 0 Å². The van der Waals surface area contributed by atoms with E-state index in [0.29, 0.717) is 12.4 Å². The fraction of sp³-hybridized carbons (Fsp3) is 0.526. The average molecular weight is 357 g/mol. The standard InChI is InChI=1S/C19H27N5O2/c1-4-17-21-19(26-22-17)15(3)24-11-9-23(10-12-24)13-18(25)20-16-7-5-14(2)6-8-16/h5-8,15H,4,9-13H2,1-3H3,(H,20,25). The first kappa shape index (κ1) is 18.5. The van der Waals surface area contributed by atoms with Crippen LogP contribution in [0.3, 0.4) is 0 Å². The van der Waals surface area contributed by atoms with Crippen molar-refractivity contribution in [1.82, 2.24) is 19.9 Å². The molecule has 0 saturated carbocycles. The van der Waals surface area contributed by atoms with Gasteiger partial charge in [-0.2, -0.15) is 4.98 Å². The Morgan fingerprint density at radius 3 is 2.54 bits per heavy atom. The summed E-state index contributed by atoms with van der Waals surface area (Å²) in [6.07, 6.45) is 0.778. The second-order valence-corrected chi connectivity index (χ2v) is 6.80. The van der Waals surface area contributed by atoms with E-state index < -0.39 is 0 Å². The van der Waals surface area contributed by atoms with Crippen LogP contribution in [0.1, 0.15) is 37.2 Å². The Labute approximate surface area is 154 Å². The lowest BCUT2D eigenvalue weighted by Crippen LogP contribution is -2.49. The van der Waals surface area contributed by atoms with E-state index in [0.717, 1.165) is 44.1 Å². The Bertz CT molecular complexity index is 720. The van der Waals surface area contributed by atoms with Gasteiger partial charge in [0.2, 0.25) is 11.8 Å². The molecule has 1 aliphatic heterocycles. The van der Waals surface area contributed by atoms with Crippen molar-refractivity contribution in [2.45, 2.75) is 33.2 Å². The second kappa shape index (κ2) is 8.42. The SMILES string of the molecule is CCc1noc(C(C)N2CCN(CC(=O)Nc3ccc(C)cc3)CC2)n1. The molecule has 7 nitrogen and oxygen atoms in total. The molecular weight excluding hydrogens is 330 g/mol. The number of rotatable bonds is 6. The molecule has 0 aliphatic carbocycles. The molecule has 2 aromatic rings. The summed E-state index contributed by atoms with van der Waals surface area (Å²) in [7, 11) is 0. The van der Waals surface area contributed by atoms with Crippen molar-refractivity contribution in [3.8, 4) is 0 Å². The van der Waals surface area contributed by atoms with Crippen LogP contribution in [0.15, 0.2) is 28.8 Å². The number of hydrogen-bond acceptors (Lipinski definition) is 6. The molecule has 0 bridgehead atoms. The van der Waals surface area contributed by atoms with E-state index >= 15 is 0 Å². The number of benzene rings is 1. The van der Waals surface area contributed by atoms with Crippen molar-refractivity contribution in [3.63, 3.8) is 0 Å². The average Bonchev–Trinajstić information content (AvgIpc) is 3.13. The van der Waals surface area contributed by atoms with Crippen molar-refractivity contribution in [3.05, 3.63) is 41.5 Å². The Morgan fingerprint density at radius 1 is 1.23 bits per heavy atom.